The summed E-state index contributed by atoms with van der Waals surface area (Å²) >= 11 is 0. The molecule has 0 radical (unpaired) electrons. The van der Waals surface area contributed by atoms with Gasteiger partial charge in [0, 0.05) is 33.2 Å². The van der Waals surface area contributed by atoms with Gasteiger partial charge in [-0.15, -0.1) is 0 Å². The van der Waals surface area contributed by atoms with E-state index in [2.05, 4.69) is 191 Å². The summed E-state index contributed by atoms with van der Waals surface area (Å²) in [7, 11) is 0. The molecule has 0 amide bonds. The fourth-order valence-electron chi connectivity index (χ4n) is 7.04. The third kappa shape index (κ3) is 4.27. The van der Waals surface area contributed by atoms with Gasteiger partial charge in [0.05, 0.1) is 16.7 Å². The molecule has 9 rings (SSSR count). The molecular formula is C44H30N2. The van der Waals surface area contributed by atoms with Crippen LogP contribution < -0.4 is 4.90 Å². The third-order valence-corrected chi connectivity index (χ3v) is 9.15. The summed E-state index contributed by atoms with van der Waals surface area (Å²) < 4.78 is 2.42. The van der Waals surface area contributed by atoms with Crippen LogP contribution in [0.1, 0.15) is 0 Å². The normalized spacial score (nSPS) is 11.5. The van der Waals surface area contributed by atoms with Gasteiger partial charge in [-0.05, 0) is 81.9 Å². The Labute approximate surface area is 268 Å². The van der Waals surface area contributed by atoms with Crippen molar-refractivity contribution >= 4 is 60.4 Å². The summed E-state index contributed by atoms with van der Waals surface area (Å²) in [4.78, 5) is 2.36. The molecule has 2 nitrogen and oxygen atoms in total. The maximum Gasteiger partial charge on any atom is 0.0547 e. The lowest BCUT2D eigenvalue weighted by atomic mass is 10.0. The Kier molecular flexibility index (Phi) is 6.17. The Morgan fingerprint density at radius 1 is 0.370 bits per heavy atom. The molecule has 1 heterocycles. The van der Waals surface area contributed by atoms with E-state index in [0.717, 1.165) is 22.7 Å². The number of nitrogens with zero attached hydrogens (tertiary/aromatic N) is 2. The van der Waals surface area contributed by atoms with E-state index in [1.807, 2.05) is 0 Å². The fraction of sp³-hybridized carbons (Fsp3) is 0. The topological polar surface area (TPSA) is 8.17 Å². The maximum atomic E-state index is 2.42. The molecule has 8 aromatic carbocycles. The zero-order valence-electron chi connectivity index (χ0n) is 25.2. The predicted molar refractivity (Wildman–Crippen MR) is 196 cm³/mol. The van der Waals surface area contributed by atoms with E-state index >= 15 is 0 Å². The molecule has 0 fully saturated rings. The predicted octanol–water partition coefficient (Wildman–Crippen LogP) is 12.2. The van der Waals surface area contributed by atoms with Crippen LogP contribution in [-0.2, 0) is 0 Å². The first-order valence-corrected chi connectivity index (χ1v) is 15.8. The number of benzene rings is 8. The summed E-state index contributed by atoms with van der Waals surface area (Å²) in [6.45, 7) is 0. The molecule has 2 heteroatoms. The van der Waals surface area contributed by atoms with Crippen molar-refractivity contribution in [2.45, 2.75) is 0 Å². The maximum absolute atomic E-state index is 2.42. The van der Waals surface area contributed by atoms with Gasteiger partial charge in [-0.25, -0.2) is 0 Å². The van der Waals surface area contributed by atoms with Crippen LogP contribution in [0.2, 0.25) is 0 Å². The first kappa shape index (κ1) is 26.3. The highest BCUT2D eigenvalue weighted by molar-refractivity contribution is 6.21. The smallest absolute Gasteiger partial charge is 0.0547 e. The van der Waals surface area contributed by atoms with Crippen LogP contribution in [0.15, 0.2) is 182 Å². The first-order valence-electron chi connectivity index (χ1n) is 15.8. The molecule has 216 valence electrons. The van der Waals surface area contributed by atoms with Gasteiger partial charge >= 0.3 is 0 Å². The van der Waals surface area contributed by atoms with Gasteiger partial charge in [0.2, 0.25) is 0 Å². The van der Waals surface area contributed by atoms with Gasteiger partial charge in [-0.3, -0.25) is 0 Å². The Hall–Kier alpha value is -6.12. The summed E-state index contributed by atoms with van der Waals surface area (Å²) in [6.07, 6.45) is 0. The number of para-hydroxylation sites is 2. The largest absolute Gasteiger partial charge is 0.310 e. The second-order valence-electron chi connectivity index (χ2n) is 11.8. The number of rotatable bonds is 5. The number of anilines is 3. The van der Waals surface area contributed by atoms with Crippen LogP contribution in [-0.4, -0.2) is 4.57 Å². The zero-order valence-corrected chi connectivity index (χ0v) is 25.2. The molecule has 1 aromatic heterocycles. The molecule has 0 saturated carbocycles. The molecule has 0 aliphatic heterocycles. The van der Waals surface area contributed by atoms with Crippen LogP contribution in [0.5, 0.6) is 0 Å². The number of fused-ring (bicyclic) bond motifs is 6. The SMILES string of the molecule is c1ccc(-c2ccc(N(c3ccccc3)c3cccc4cc(-n5c6ccccc6c6c7ccccc7ccc65)ccc34)cc2)cc1. The van der Waals surface area contributed by atoms with Gasteiger partial charge in [0.1, 0.15) is 0 Å². The van der Waals surface area contributed by atoms with Gasteiger partial charge in [-0.2, -0.15) is 0 Å². The van der Waals surface area contributed by atoms with E-state index in [1.54, 1.807) is 0 Å². The summed E-state index contributed by atoms with van der Waals surface area (Å²) in [5, 5.41) is 7.53. The standard InChI is InChI=1S/C44H30N2/c1-3-12-31(13-4-1)32-22-25-36(26-23-32)45(35-16-5-2-6-17-35)41-21-11-15-34-30-37(27-28-38(34)41)46-42-20-10-9-19-40(42)44-39-18-8-7-14-33(39)24-29-43(44)46/h1-30H. The molecule has 46 heavy (non-hydrogen) atoms. The molecule has 0 bridgehead atoms. The summed E-state index contributed by atoms with van der Waals surface area (Å²) in [5.41, 5.74) is 9.42. The number of hydrogen-bond acceptors (Lipinski definition) is 1. The summed E-state index contributed by atoms with van der Waals surface area (Å²) in [5.74, 6) is 0. The zero-order chi connectivity index (χ0) is 30.5. The molecule has 0 saturated heterocycles. The van der Waals surface area contributed by atoms with Gasteiger partial charge in [-0.1, -0.05) is 127 Å². The molecule has 0 aliphatic rings. The third-order valence-electron chi connectivity index (χ3n) is 9.15. The minimum Gasteiger partial charge on any atom is -0.310 e. The first-order chi connectivity index (χ1) is 22.8. The van der Waals surface area contributed by atoms with E-state index in [0.29, 0.717) is 0 Å². The van der Waals surface area contributed by atoms with Crippen LogP contribution in [0.25, 0.3) is 60.2 Å². The van der Waals surface area contributed by atoms with E-state index < -0.39 is 0 Å². The fourth-order valence-corrected chi connectivity index (χ4v) is 7.04. The van der Waals surface area contributed by atoms with Gasteiger partial charge in [0.25, 0.3) is 0 Å². The molecule has 9 aromatic rings. The molecule has 0 unspecified atom stereocenters. The van der Waals surface area contributed by atoms with Crippen molar-refractivity contribution in [2.75, 3.05) is 4.90 Å². The quantitative estimate of drug-likeness (QED) is 0.195. The molecule has 0 N–H and O–H groups in total. The highest BCUT2D eigenvalue weighted by atomic mass is 15.1. The average Bonchev–Trinajstić information content (AvgIpc) is 3.48. The minimum absolute atomic E-state index is 1.12. The second kappa shape index (κ2) is 10.8. The molecular weight excluding hydrogens is 556 g/mol. The van der Waals surface area contributed by atoms with Crippen LogP contribution in [0.3, 0.4) is 0 Å². The lowest BCUT2D eigenvalue weighted by Crippen LogP contribution is -2.10. The van der Waals surface area contributed by atoms with Crippen molar-refractivity contribution in [1.29, 1.82) is 0 Å². The minimum atomic E-state index is 1.12. The lowest BCUT2D eigenvalue weighted by molar-refractivity contribution is 1.19. The van der Waals surface area contributed by atoms with Crippen molar-refractivity contribution in [2.24, 2.45) is 0 Å². The van der Waals surface area contributed by atoms with E-state index in [9.17, 15) is 0 Å². The van der Waals surface area contributed by atoms with Gasteiger partial charge < -0.3 is 9.47 Å². The van der Waals surface area contributed by atoms with E-state index in [1.165, 1.54) is 54.5 Å². The van der Waals surface area contributed by atoms with Crippen molar-refractivity contribution in [3.63, 3.8) is 0 Å². The van der Waals surface area contributed by atoms with E-state index in [4.69, 9.17) is 0 Å². The van der Waals surface area contributed by atoms with Crippen molar-refractivity contribution < 1.29 is 0 Å². The van der Waals surface area contributed by atoms with Crippen LogP contribution in [0.4, 0.5) is 17.1 Å². The monoisotopic (exact) mass is 586 g/mol. The highest BCUT2D eigenvalue weighted by Gasteiger charge is 2.18. The van der Waals surface area contributed by atoms with Crippen LogP contribution >= 0.6 is 0 Å². The molecule has 0 spiro atoms. The number of aromatic nitrogens is 1. The average molecular weight is 587 g/mol. The Morgan fingerprint density at radius 2 is 1.02 bits per heavy atom. The van der Waals surface area contributed by atoms with Crippen molar-refractivity contribution in [3.05, 3.63) is 182 Å². The van der Waals surface area contributed by atoms with Crippen molar-refractivity contribution in [1.82, 2.24) is 4.57 Å². The van der Waals surface area contributed by atoms with E-state index in [-0.39, 0.29) is 0 Å². The Balaban J connectivity index is 1.22. The van der Waals surface area contributed by atoms with Crippen molar-refractivity contribution in [3.8, 4) is 16.8 Å². The Bertz CT molecular complexity index is 2510. The number of hydrogen-bond donors (Lipinski definition) is 0. The van der Waals surface area contributed by atoms with Gasteiger partial charge in [0.15, 0.2) is 0 Å². The summed E-state index contributed by atoms with van der Waals surface area (Å²) in [6, 6.07) is 65.6. The van der Waals surface area contributed by atoms with Crippen LogP contribution in [0, 0.1) is 0 Å². The molecule has 0 atom stereocenters. The highest BCUT2D eigenvalue weighted by Crippen LogP contribution is 2.41. The molecule has 0 aliphatic carbocycles. The second-order valence-corrected chi connectivity index (χ2v) is 11.8. The Morgan fingerprint density at radius 3 is 1.85 bits per heavy atom. The lowest BCUT2D eigenvalue weighted by Gasteiger charge is -2.27.